The van der Waals surface area contributed by atoms with Gasteiger partial charge in [0.05, 0.1) is 17.2 Å². The van der Waals surface area contributed by atoms with E-state index in [0.29, 0.717) is 42.7 Å². The van der Waals surface area contributed by atoms with Crippen molar-refractivity contribution in [3.8, 4) is 17.3 Å². The predicted molar refractivity (Wildman–Crippen MR) is 113 cm³/mol. The number of aromatic nitrogens is 4. The Labute approximate surface area is 181 Å². The van der Waals surface area contributed by atoms with Crippen molar-refractivity contribution >= 4 is 10.0 Å². The van der Waals surface area contributed by atoms with Crippen LogP contribution in [0.25, 0.3) is 11.5 Å². The van der Waals surface area contributed by atoms with Crippen molar-refractivity contribution in [1.82, 2.24) is 24.4 Å². The Kier molecular flexibility index (Phi) is 6.28. The first-order valence-electron chi connectivity index (χ1n) is 10.3. The summed E-state index contributed by atoms with van der Waals surface area (Å²) in [7, 11) is -3.58. The molecule has 31 heavy (non-hydrogen) atoms. The highest BCUT2D eigenvalue weighted by molar-refractivity contribution is 7.89. The van der Waals surface area contributed by atoms with Gasteiger partial charge < -0.3 is 9.26 Å². The van der Waals surface area contributed by atoms with E-state index in [-0.39, 0.29) is 16.9 Å². The summed E-state index contributed by atoms with van der Waals surface area (Å²) in [6, 6.07) is 6.59. The highest BCUT2D eigenvalue weighted by Gasteiger charge is 2.31. The first-order valence-corrected chi connectivity index (χ1v) is 11.7. The molecule has 1 unspecified atom stereocenters. The molecule has 4 rings (SSSR count). The lowest BCUT2D eigenvalue weighted by Gasteiger charge is -2.31. The Hall–Kier alpha value is -2.85. The Morgan fingerprint density at radius 1 is 1.23 bits per heavy atom. The number of ether oxygens (including phenoxy) is 1. The van der Waals surface area contributed by atoms with Crippen LogP contribution in [0.2, 0.25) is 0 Å². The standard InChI is InChI=1S/C21H25N5O4S/c1-15(2)29-17-5-7-18(8-6-17)31(27,28)26-11-3-4-16(14-26)12-20-24-21(25-30-20)19-13-22-9-10-23-19/h5-10,13,15-16H,3-4,11-12,14H2,1-2H3. The minimum Gasteiger partial charge on any atom is -0.491 e. The smallest absolute Gasteiger partial charge is 0.243 e. The van der Waals surface area contributed by atoms with Crippen LogP contribution in [0.15, 0.2) is 52.3 Å². The van der Waals surface area contributed by atoms with Gasteiger partial charge in [0, 0.05) is 31.9 Å². The number of hydrogen-bond donors (Lipinski definition) is 0. The van der Waals surface area contributed by atoms with Crippen LogP contribution in [-0.2, 0) is 16.4 Å². The van der Waals surface area contributed by atoms with Crippen molar-refractivity contribution in [2.24, 2.45) is 5.92 Å². The maximum absolute atomic E-state index is 13.1. The predicted octanol–water partition coefficient (Wildman–Crippen LogP) is 2.96. The maximum atomic E-state index is 13.1. The van der Waals surface area contributed by atoms with E-state index in [1.807, 2.05) is 13.8 Å². The fourth-order valence-electron chi connectivity index (χ4n) is 3.63. The van der Waals surface area contributed by atoms with Crippen LogP contribution in [0.3, 0.4) is 0 Å². The summed E-state index contributed by atoms with van der Waals surface area (Å²) < 4.78 is 38.8. The van der Waals surface area contributed by atoms with E-state index in [9.17, 15) is 8.42 Å². The van der Waals surface area contributed by atoms with Crippen LogP contribution >= 0.6 is 0 Å². The number of benzene rings is 1. The van der Waals surface area contributed by atoms with Gasteiger partial charge in [-0.25, -0.2) is 13.4 Å². The molecule has 0 amide bonds. The number of nitrogens with zero attached hydrogens (tertiary/aromatic N) is 5. The number of rotatable bonds is 7. The fraction of sp³-hybridized carbons (Fsp3) is 0.429. The van der Waals surface area contributed by atoms with E-state index in [4.69, 9.17) is 9.26 Å². The second-order valence-electron chi connectivity index (χ2n) is 7.82. The van der Waals surface area contributed by atoms with Gasteiger partial charge in [0.25, 0.3) is 0 Å². The second-order valence-corrected chi connectivity index (χ2v) is 9.75. The minimum absolute atomic E-state index is 0.0319. The summed E-state index contributed by atoms with van der Waals surface area (Å²) in [5.41, 5.74) is 0.537. The Balaban J connectivity index is 1.43. The minimum atomic E-state index is -3.58. The Bertz CT molecular complexity index is 1100. The van der Waals surface area contributed by atoms with Crippen molar-refractivity contribution in [3.63, 3.8) is 0 Å². The topological polar surface area (TPSA) is 111 Å². The van der Waals surface area contributed by atoms with Crippen LogP contribution in [0.1, 0.15) is 32.6 Å². The molecule has 0 radical (unpaired) electrons. The first-order chi connectivity index (χ1) is 14.9. The van der Waals surface area contributed by atoms with Gasteiger partial charge in [-0.2, -0.15) is 9.29 Å². The molecule has 10 heteroatoms. The maximum Gasteiger partial charge on any atom is 0.243 e. The molecule has 0 saturated carbocycles. The zero-order chi connectivity index (χ0) is 21.8. The summed E-state index contributed by atoms with van der Waals surface area (Å²) in [5, 5.41) is 3.96. The Morgan fingerprint density at radius 3 is 2.74 bits per heavy atom. The average Bonchev–Trinajstić information content (AvgIpc) is 3.23. The van der Waals surface area contributed by atoms with Crippen molar-refractivity contribution < 1.29 is 17.7 Å². The normalized spacial score (nSPS) is 17.7. The molecule has 1 aromatic carbocycles. The van der Waals surface area contributed by atoms with Gasteiger partial charge in [-0.15, -0.1) is 0 Å². The molecule has 0 spiro atoms. The molecule has 0 N–H and O–H groups in total. The molecule has 1 aliphatic rings. The molecule has 1 saturated heterocycles. The molecular formula is C21H25N5O4S. The highest BCUT2D eigenvalue weighted by atomic mass is 32.2. The second kappa shape index (κ2) is 9.11. The van der Waals surface area contributed by atoms with E-state index < -0.39 is 10.0 Å². The van der Waals surface area contributed by atoms with E-state index in [1.54, 1.807) is 47.2 Å². The van der Waals surface area contributed by atoms with E-state index in [1.165, 1.54) is 0 Å². The first kappa shape index (κ1) is 21.4. The Morgan fingerprint density at radius 2 is 2.03 bits per heavy atom. The zero-order valence-corrected chi connectivity index (χ0v) is 18.3. The number of piperidine rings is 1. The third-order valence-corrected chi connectivity index (χ3v) is 6.92. The SMILES string of the molecule is CC(C)Oc1ccc(S(=O)(=O)N2CCCC(Cc3nc(-c4cnccn4)no3)C2)cc1. The lowest BCUT2D eigenvalue weighted by atomic mass is 9.96. The third-order valence-electron chi connectivity index (χ3n) is 5.04. The van der Waals surface area contributed by atoms with Crippen LogP contribution in [0.5, 0.6) is 5.75 Å². The van der Waals surface area contributed by atoms with Crippen molar-refractivity contribution in [3.05, 3.63) is 48.7 Å². The molecule has 1 atom stereocenters. The molecule has 2 aromatic heterocycles. The van der Waals surface area contributed by atoms with Gasteiger partial charge in [-0.3, -0.25) is 4.98 Å². The molecule has 0 bridgehead atoms. The highest BCUT2D eigenvalue weighted by Crippen LogP contribution is 2.27. The molecule has 1 aliphatic heterocycles. The number of sulfonamides is 1. The van der Waals surface area contributed by atoms with Gasteiger partial charge in [-0.1, -0.05) is 5.16 Å². The average molecular weight is 444 g/mol. The van der Waals surface area contributed by atoms with Gasteiger partial charge in [-0.05, 0) is 56.9 Å². The van der Waals surface area contributed by atoms with Crippen molar-refractivity contribution in [1.29, 1.82) is 0 Å². The number of hydrogen-bond acceptors (Lipinski definition) is 8. The van der Waals surface area contributed by atoms with Crippen LogP contribution in [0, 0.1) is 5.92 Å². The van der Waals surface area contributed by atoms with E-state index >= 15 is 0 Å². The van der Waals surface area contributed by atoms with Crippen LogP contribution in [-0.4, -0.2) is 52.0 Å². The van der Waals surface area contributed by atoms with E-state index in [0.717, 1.165) is 12.8 Å². The summed E-state index contributed by atoms with van der Waals surface area (Å²) in [4.78, 5) is 12.8. The largest absolute Gasteiger partial charge is 0.491 e. The fourth-order valence-corrected chi connectivity index (χ4v) is 5.18. The van der Waals surface area contributed by atoms with Crippen LogP contribution < -0.4 is 4.74 Å². The van der Waals surface area contributed by atoms with Crippen LogP contribution in [0.4, 0.5) is 0 Å². The molecule has 3 aromatic rings. The molecule has 164 valence electrons. The molecule has 3 heterocycles. The summed E-state index contributed by atoms with van der Waals surface area (Å²) in [5.74, 6) is 1.61. The summed E-state index contributed by atoms with van der Waals surface area (Å²) >= 11 is 0. The molecule has 1 fully saturated rings. The third kappa shape index (κ3) is 5.08. The monoisotopic (exact) mass is 443 g/mol. The lowest BCUT2D eigenvalue weighted by molar-refractivity contribution is 0.242. The summed E-state index contributed by atoms with van der Waals surface area (Å²) in [6.07, 6.45) is 6.94. The quantitative estimate of drug-likeness (QED) is 0.548. The zero-order valence-electron chi connectivity index (χ0n) is 17.5. The van der Waals surface area contributed by atoms with Crippen molar-refractivity contribution in [2.45, 2.75) is 44.1 Å². The van der Waals surface area contributed by atoms with Gasteiger partial charge in [0.2, 0.25) is 21.7 Å². The van der Waals surface area contributed by atoms with Crippen molar-refractivity contribution in [2.75, 3.05) is 13.1 Å². The van der Waals surface area contributed by atoms with Gasteiger partial charge >= 0.3 is 0 Å². The van der Waals surface area contributed by atoms with Gasteiger partial charge in [0.15, 0.2) is 0 Å². The molecular weight excluding hydrogens is 418 g/mol. The molecule has 0 aliphatic carbocycles. The summed E-state index contributed by atoms with van der Waals surface area (Å²) in [6.45, 7) is 4.77. The lowest BCUT2D eigenvalue weighted by Crippen LogP contribution is -2.40. The molecule has 9 nitrogen and oxygen atoms in total. The van der Waals surface area contributed by atoms with E-state index in [2.05, 4.69) is 20.1 Å². The van der Waals surface area contributed by atoms with Gasteiger partial charge in [0.1, 0.15) is 11.4 Å².